The van der Waals surface area contributed by atoms with Gasteiger partial charge in [0.1, 0.15) is 11.4 Å². The summed E-state index contributed by atoms with van der Waals surface area (Å²) in [6.07, 6.45) is 0. The van der Waals surface area contributed by atoms with Crippen LogP contribution in [-0.2, 0) is 0 Å². The van der Waals surface area contributed by atoms with Crippen LogP contribution in [0.3, 0.4) is 0 Å². The lowest BCUT2D eigenvalue weighted by Gasteiger charge is -2.03. The van der Waals surface area contributed by atoms with Gasteiger partial charge in [0.2, 0.25) is 0 Å². The smallest absolute Gasteiger partial charge is 0.360 e. The number of aromatic nitrogens is 1. The lowest BCUT2D eigenvalue weighted by Crippen LogP contribution is -2.09. The van der Waals surface area contributed by atoms with Crippen LogP contribution in [0, 0.1) is 0 Å². The fourth-order valence-electron chi connectivity index (χ4n) is 2.04. The molecule has 0 radical (unpaired) electrons. The van der Waals surface area contributed by atoms with E-state index in [-0.39, 0.29) is 11.3 Å². The van der Waals surface area contributed by atoms with Crippen molar-refractivity contribution in [2.24, 2.45) is 0 Å². The van der Waals surface area contributed by atoms with Gasteiger partial charge < -0.3 is 14.8 Å². The average molecular weight is 281 g/mol. The fraction of sp³-hybridized carbons (Fsp3) is 0. The highest BCUT2D eigenvalue weighted by atomic mass is 16.5. The highest BCUT2D eigenvalue weighted by Gasteiger charge is 2.13. The monoisotopic (exact) mass is 281 g/mol. The minimum atomic E-state index is -1.07. The van der Waals surface area contributed by atoms with Crippen molar-refractivity contribution in [3.8, 4) is 5.75 Å². The summed E-state index contributed by atoms with van der Waals surface area (Å²) >= 11 is 0. The van der Waals surface area contributed by atoms with Crippen LogP contribution >= 0.6 is 0 Å². The fourth-order valence-corrected chi connectivity index (χ4v) is 2.04. The Hall–Kier alpha value is -3.08. The van der Waals surface area contributed by atoms with E-state index in [4.69, 9.17) is 9.84 Å². The van der Waals surface area contributed by atoms with Gasteiger partial charge in [-0.05, 0) is 30.3 Å². The molecule has 0 bridgehead atoms. The van der Waals surface area contributed by atoms with Crippen molar-refractivity contribution in [3.05, 3.63) is 65.9 Å². The van der Waals surface area contributed by atoms with Gasteiger partial charge in [0.05, 0.1) is 5.56 Å². The molecule has 0 amide bonds. The van der Waals surface area contributed by atoms with E-state index < -0.39 is 11.9 Å². The first-order chi connectivity index (χ1) is 10.1. The van der Waals surface area contributed by atoms with Crippen molar-refractivity contribution < 1.29 is 19.4 Å². The molecule has 2 aromatic carbocycles. The number of H-pyrrole nitrogens is 1. The Bertz CT molecular complexity index is 802. The van der Waals surface area contributed by atoms with Crippen LogP contribution in [0.4, 0.5) is 0 Å². The predicted octanol–water partition coefficient (Wildman–Crippen LogP) is 3.09. The molecule has 3 rings (SSSR count). The summed E-state index contributed by atoms with van der Waals surface area (Å²) < 4.78 is 5.19. The molecule has 0 saturated heterocycles. The van der Waals surface area contributed by atoms with E-state index in [1.54, 1.807) is 6.07 Å². The van der Waals surface area contributed by atoms with Gasteiger partial charge in [0.25, 0.3) is 0 Å². The van der Waals surface area contributed by atoms with E-state index in [1.165, 1.54) is 24.3 Å². The first kappa shape index (κ1) is 12.9. The molecule has 0 aliphatic rings. The normalized spacial score (nSPS) is 10.5. The van der Waals surface area contributed by atoms with E-state index in [2.05, 4.69) is 4.98 Å². The molecule has 0 unspecified atom stereocenters. The van der Waals surface area contributed by atoms with E-state index in [1.807, 2.05) is 24.3 Å². The number of carbonyl (C=O) groups excluding carboxylic acids is 1. The second-order valence-electron chi connectivity index (χ2n) is 4.49. The van der Waals surface area contributed by atoms with Crippen molar-refractivity contribution in [2.75, 3.05) is 0 Å². The van der Waals surface area contributed by atoms with Gasteiger partial charge in [0, 0.05) is 10.9 Å². The Morgan fingerprint density at radius 2 is 1.81 bits per heavy atom. The molecule has 5 nitrogen and oxygen atoms in total. The number of fused-ring (bicyclic) bond motifs is 1. The average Bonchev–Trinajstić information content (AvgIpc) is 2.91. The lowest BCUT2D eigenvalue weighted by atomic mass is 10.2. The van der Waals surface area contributed by atoms with Crippen molar-refractivity contribution in [3.63, 3.8) is 0 Å². The summed E-state index contributed by atoms with van der Waals surface area (Å²) in [5.74, 6) is -1.44. The molecular formula is C16H11NO4. The Morgan fingerprint density at radius 3 is 2.57 bits per heavy atom. The molecule has 0 saturated carbocycles. The van der Waals surface area contributed by atoms with E-state index in [9.17, 15) is 9.59 Å². The number of benzene rings is 2. The number of para-hydroxylation sites is 1. The third-order valence-electron chi connectivity index (χ3n) is 3.04. The summed E-state index contributed by atoms with van der Waals surface area (Å²) in [5, 5.41) is 9.82. The highest BCUT2D eigenvalue weighted by Crippen LogP contribution is 2.18. The summed E-state index contributed by atoms with van der Waals surface area (Å²) in [6.45, 7) is 0. The van der Waals surface area contributed by atoms with Crippen LogP contribution in [0.15, 0.2) is 54.6 Å². The molecule has 2 N–H and O–H groups in total. The number of aromatic amines is 1. The first-order valence-electron chi connectivity index (χ1n) is 6.27. The van der Waals surface area contributed by atoms with Crippen LogP contribution in [-0.4, -0.2) is 22.0 Å². The van der Waals surface area contributed by atoms with Crippen LogP contribution < -0.4 is 4.74 Å². The zero-order chi connectivity index (χ0) is 14.8. The van der Waals surface area contributed by atoms with Crippen LogP contribution in [0.25, 0.3) is 10.9 Å². The standard InChI is InChI=1S/C16H11NO4/c18-15(19)11-5-3-6-12(8-11)21-16(20)14-9-10-4-1-2-7-13(10)17-14/h1-9,17H,(H,18,19). The molecule has 5 heteroatoms. The van der Waals surface area contributed by atoms with Gasteiger partial charge in [-0.15, -0.1) is 0 Å². The summed E-state index contributed by atoms with van der Waals surface area (Å²) in [7, 11) is 0. The number of aromatic carboxylic acids is 1. The van der Waals surface area contributed by atoms with Gasteiger partial charge >= 0.3 is 11.9 Å². The quantitative estimate of drug-likeness (QED) is 0.571. The largest absolute Gasteiger partial charge is 0.478 e. The number of ether oxygens (including phenoxy) is 1. The molecule has 104 valence electrons. The topological polar surface area (TPSA) is 79.4 Å². The molecule has 0 aliphatic carbocycles. The highest BCUT2D eigenvalue weighted by molar-refractivity contribution is 5.96. The van der Waals surface area contributed by atoms with Gasteiger partial charge in [-0.2, -0.15) is 0 Å². The molecule has 0 atom stereocenters. The van der Waals surface area contributed by atoms with Crippen LogP contribution in [0.5, 0.6) is 5.75 Å². The SMILES string of the molecule is O=C(O)c1cccc(OC(=O)c2cc3ccccc3[nH]2)c1. The van der Waals surface area contributed by atoms with Crippen molar-refractivity contribution in [1.82, 2.24) is 4.98 Å². The van der Waals surface area contributed by atoms with E-state index in [0.29, 0.717) is 5.69 Å². The van der Waals surface area contributed by atoms with Gasteiger partial charge in [0.15, 0.2) is 0 Å². The van der Waals surface area contributed by atoms with Crippen molar-refractivity contribution in [2.45, 2.75) is 0 Å². The summed E-state index contributed by atoms with van der Waals surface area (Å²) in [6, 6.07) is 15.0. The van der Waals surface area contributed by atoms with Crippen LogP contribution in [0.1, 0.15) is 20.8 Å². The predicted molar refractivity (Wildman–Crippen MR) is 76.7 cm³/mol. The van der Waals surface area contributed by atoms with Gasteiger partial charge in [-0.1, -0.05) is 24.3 Å². The maximum absolute atomic E-state index is 12.1. The molecule has 1 heterocycles. The Balaban J connectivity index is 1.85. The van der Waals surface area contributed by atoms with Gasteiger partial charge in [-0.25, -0.2) is 9.59 Å². The summed E-state index contributed by atoms with van der Waals surface area (Å²) in [5.41, 5.74) is 1.22. The van der Waals surface area contributed by atoms with Crippen LogP contribution in [0.2, 0.25) is 0 Å². The number of esters is 1. The molecule has 0 fully saturated rings. The number of carboxylic acid groups (broad SMARTS) is 1. The minimum Gasteiger partial charge on any atom is -0.478 e. The lowest BCUT2D eigenvalue weighted by molar-refractivity contribution is 0.0686. The maximum Gasteiger partial charge on any atom is 0.360 e. The Kier molecular flexibility index (Phi) is 3.16. The van der Waals surface area contributed by atoms with Gasteiger partial charge in [-0.3, -0.25) is 0 Å². The number of carbonyl (C=O) groups is 2. The van der Waals surface area contributed by atoms with E-state index in [0.717, 1.165) is 10.9 Å². The Labute approximate surface area is 119 Å². The first-order valence-corrected chi connectivity index (χ1v) is 6.27. The molecule has 0 spiro atoms. The number of nitrogens with one attached hydrogen (secondary N) is 1. The molecule has 1 aromatic heterocycles. The molecular weight excluding hydrogens is 270 g/mol. The zero-order valence-corrected chi connectivity index (χ0v) is 10.9. The zero-order valence-electron chi connectivity index (χ0n) is 10.9. The summed E-state index contributed by atoms with van der Waals surface area (Å²) in [4.78, 5) is 25.9. The number of rotatable bonds is 3. The number of hydrogen-bond acceptors (Lipinski definition) is 3. The second kappa shape index (κ2) is 5.13. The molecule has 0 aliphatic heterocycles. The Morgan fingerprint density at radius 1 is 1.00 bits per heavy atom. The van der Waals surface area contributed by atoms with Crippen molar-refractivity contribution in [1.29, 1.82) is 0 Å². The minimum absolute atomic E-state index is 0.0666. The maximum atomic E-state index is 12.1. The van der Waals surface area contributed by atoms with Crippen molar-refractivity contribution >= 4 is 22.8 Å². The molecule has 21 heavy (non-hydrogen) atoms. The third kappa shape index (κ3) is 2.62. The number of hydrogen-bond donors (Lipinski definition) is 2. The van der Waals surface area contributed by atoms with E-state index >= 15 is 0 Å². The number of carboxylic acids is 1. The molecule has 3 aromatic rings. The third-order valence-corrected chi connectivity index (χ3v) is 3.04. The second-order valence-corrected chi connectivity index (χ2v) is 4.49.